The molecule has 0 saturated heterocycles. The summed E-state index contributed by atoms with van der Waals surface area (Å²) >= 11 is 1.69. The molecule has 1 heterocycles. The number of thiophene rings is 1. The lowest BCUT2D eigenvalue weighted by atomic mass is 10.0. The van der Waals surface area contributed by atoms with Crippen LogP contribution in [0.4, 0.5) is 0 Å². The molecular formula is C22H24N2O2S. The van der Waals surface area contributed by atoms with E-state index in [2.05, 4.69) is 34.2 Å². The molecule has 0 aliphatic carbocycles. The Kier molecular flexibility index (Phi) is 6.63. The highest BCUT2D eigenvalue weighted by Gasteiger charge is 2.21. The van der Waals surface area contributed by atoms with Gasteiger partial charge in [0.2, 0.25) is 5.91 Å². The third-order valence-electron chi connectivity index (χ3n) is 4.40. The number of carbonyl (C=O) groups excluding carboxylic acids is 1. The molecule has 2 aromatic carbocycles. The first-order valence-corrected chi connectivity index (χ1v) is 9.80. The van der Waals surface area contributed by atoms with E-state index in [-0.39, 0.29) is 18.0 Å². The smallest absolute Gasteiger partial charge is 0.237 e. The molecule has 0 aliphatic heterocycles. The fraction of sp³-hybridized carbons (Fsp3) is 0.227. The highest BCUT2D eigenvalue weighted by atomic mass is 32.1. The van der Waals surface area contributed by atoms with E-state index in [0.717, 1.165) is 16.9 Å². The first-order valence-electron chi connectivity index (χ1n) is 8.92. The molecule has 2 atom stereocenters. The molecule has 1 amide bonds. The molecule has 5 heteroatoms. The van der Waals surface area contributed by atoms with Crippen LogP contribution in [0.2, 0.25) is 0 Å². The summed E-state index contributed by atoms with van der Waals surface area (Å²) in [5.74, 6) is 0.782. The Hall–Kier alpha value is -2.63. The predicted molar refractivity (Wildman–Crippen MR) is 110 cm³/mol. The first kappa shape index (κ1) is 19.1. The van der Waals surface area contributed by atoms with Gasteiger partial charge in [-0.2, -0.15) is 0 Å². The summed E-state index contributed by atoms with van der Waals surface area (Å²) in [5.41, 5.74) is 2.18. The van der Waals surface area contributed by atoms with E-state index in [1.54, 1.807) is 18.4 Å². The summed E-state index contributed by atoms with van der Waals surface area (Å²) < 4.78 is 5.16. The molecule has 2 N–H and O–H groups in total. The van der Waals surface area contributed by atoms with Crippen molar-refractivity contribution in [1.82, 2.24) is 10.6 Å². The van der Waals surface area contributed by atoms with Gasteiger partial charge in [-0.15, -0.1) is 11.3 Å². The number of rotatable bonds is 8. The lowest BCUT2D eigenvalue weighted by Crippen LogP contribution is -2.43. The molecule has 0 bridgehead atoms. The van der Waals surface area contributed by atoms with Gasteiger partial charge in [0.1, 0.15) is 5.75 Å². The van der Waals surface area contributed by atoms with Crippen LogP contribution in [0.5, 0.6) is 5.75 Å². The monoisotopic (exact) mass is 380 g/mol. The number of hydrogen-bond acceptors (Lipinski definition) is 4. The Morgan fingerprint density at radius 1 is 1.04 bits per heavy atom. The zero-order chi connectivity index (χ0) is 19.1. The summed E-state index contributed by atoms with van der Waals surface area (Å²) in [5, 5.41) is 8.52. The number of benzene rings is 2. The van der Waals surface area contributed by atoms with Crippen LogP contribution in [0.25, 0.3) is 0 Å². The summed E-state index contributed by atoms with van der Waals surface area (Å²) in [4.78, 5) is 13.8. The first-order chi connectivity index (χ1) is 13.2. The van der Waals surface area contributed by atoms with Crippen molar-refractivity contribution < 1.29 is 9.53 Å². The average molecular weight is 381 g/mol. The van der Waals surface area contributed by atoms with Gasteiger partial charge in [0, 0.05) is 11.4 Å². The van der Waals surface area contributed by atoms with Crippen molar-refractivity contribution in [2.75, 3.05) is 7.11 Å². The largest absolute Gasteiger partial charge is 0.497 e. The molecule has 0 fully saturated rings. The highest BCUT2D eigenvalue weighted by Crippen LogP contribution is 2.26. The number of methoxy groups -OCH3 is 1. The second-order valence-electron chi connectivity index (χ2n) is 6.31. The second-order valence-corrected chi connectivity index (χ2v) is 7.29. The third-order valence-corrected chi connectivity index (χ3v) is 5.33. The fourth-order valence-electron chi connectivity index (χ4n) is 2.85. The zero-order valence-electron chi connectivity index (χ0n) is 15.5. The van der Waals surface area contributed by atoms with Crippen molar-refractivity contribution in [3.63, 3.8) is 0 Å². The van der Waals surface area contributed by atoms with Gasteiger partial charge in [-0.3, -0.25) is 10.1 Å². The van der Waals surface area contributed by atoms with Gasteiger partial charge in [-0.25, -0.2) is 0 Å². The van der Waals surface area contributed by atoms with E-state index in [1.807, 2.05) is 55.5 Å². The SMILES string of the molecule is COc1ccc(CNC(=O)[C@@H](C)N[C@@H](c2ccccc2)c2cccs2)cc1. The molecule has 0 aliphatic rings. The molecule has 140 valence electrons. The van der Waals surface area contributed by atoms with Crippen molar-refractivity contribution in [3.05, 3.63) is 88.1 Å². The number of amides is 1. The molecule has 0 unspecified atom stereocenters. The maximum absolute atomic E-state index is 12.6. The molecule has 3 rings (SSSR count). The van der Waals surface area contributed by atoms with Gasteiger partial charge >= 0.3 is 0 Å². The Morgan fingerprint density at radius 3 is 2.41 bits per heavy atom. The predicted octanol–water partition coefficient (Wildman–Crippen LogP) is 4.14. The Labute approximate surface area is 164 Å². The zero-order valence-corrected chi connectivity index (χ0v) is 16.3. The molecule has 1 aromatic heterocycles. The van der Waals surface area contributed by atoms with E-state index in [9.17, 15) is 4.79 Å². The molecule has 0 saturated carbocycles. The molecular weight excluding hydrogens is 356 g/mol. The Bertz CT molecular complexity index is 833. The van der Waals surface area contributed by atoms with Gasteiger partial charge in [0.05, 0.1) is 19.2 Å². The van der Waals surface area contributed by atoms with Crippen LogP contribution in [0, 0.1) is 0 Å². The minimum Gasteiger partial charge on any atom is -0.497 e. The van der Waals surface area contributed by atoms with Gasteiger partial charge in [-0.1, -0.05) is 48.5 Å². The summed E-state index contributed by atoms with van der Waals surface area (Å²) in [7, 11) is 1.64. The molecule has 0 radical (unpaired) electrons. The number of carbonyl (C=O) groups is 1. The van der Waals surface area contributed by atoms with Gasteiger partial charge in [-0.05, 0) is 41.6 Å². The highest BCUT2D eigenvalue weighted by molar-refractivity contribution is 7.10. The van der Waals surface area contributed by atoms with E-state index in [4.69, 9.17) is 4.74 Å². The molecule has 4 nitrogen and oxygen atoms in total. The van der Waals surface area contributed by atoms with Crippen LogP contribution >= 0.6 is 11.3 Å². The quantitative estimate of drug-likeness (QED) is 0.617. The summed E-state index contributed by atoms with van der Waals surface area (Å²) in [6.45, 7) is 2.39. The number of ether oxygens (including phenoxy) is 1. The molecule has 0 spiro atoms. The normalized spacial score (nSPS) is 13.0. The van der Waals surface area contributed by atoms with E-state index < -0.39 is 0 Å². The van der Waals surface area contributed by atoms with Crippen LogP contribution in [0.15, 0.2) is 72.1 Å². The van der Waals surface area contributed by atoms with Crippen molar-refractivity contribution in [1.29, 1.82) is 0 Å². The number of nitrogens with one attached hydrogen (secondary N) is 2. The minimum atomic E-state index is -0.324. The summed E-state index contributed by atoms with van der Waals surface area (Å²) in [6, 6.07) is 21.7. The van der Waals surface area contributed by atoms with Crippen LogP contribution < -0.4 is 15.4 Å². The van der Waals surface area contributed by atoms with Gasteiger partial charge in [0.25, 0.3) is 0 Å². The average Bonchev–Trinajstić information content (AvgIpc) is 3.25. The number of hydrogen-bond donors (Lipinski definition) is 2. The van der Waals surface area contributed by atoms with E-state index in [1.165, 1.54) is 4.88 Å². The van der Waals surface area contributed by atoms with Gasteiger partial charge < -0.3 is 10.1 Å². The maximum atomic E-state index is 12.6. The lowest BCUT2D eigenvalue weighted by molar-refractivity contribution is -0.123. The van der Waals surface area contributed by atoms with Crippen molar-refractivity contribution in [2.45, 2.75) is 25.6 Å². The van der Waals surface area contributed by atoms with Crippen molar-refractivity contribution in [2.24, 2.45) is 0 Å². The molecule has 3 aromatic rings. The Morgan fingerprint density at radius 2 is 1.78 bits per heavy atom. The van der Waals surface area contributed by atoms with Crippen molar-refractivity contribution >= 4 is 17.2 Å². The minimum absolute atomic E-state index is 0.00654. The van der Waals surface area contributed by atoms with Crippen LogP contribution in [0.1, 0.15) is 29.0 Å². The second kappa shape index (κ2) is 9.35. The van der Waals surface area contributed by atoms with E-state index >= 15 is 0 Å². The van der Waals surface area contributed by atoms with E-state index in [0.29, 0.717) is 6.54 Å². The summed E-state index contributed by atoms with van der Waals surface area (Å²) in [6.07, 6.45) is 0. The maximum Gasteiger partial charge on any atom is 0.237 e. The van der Waals surface area contributed by atoms with Crippen molar-refractivity contribution in [3.8, 4) is 5.75 Å². The third kappa shape index (κ3) is 5.18. The molecule has 27 heavy (non-hydrogen) atoms. The van der Waals surface area contributed by atoms with Gasteiger partial charge in [0.15, 0.2) is 0 Å². The van der Waals surface area contributed by atoms with Crippen LogP contribution in [-0.2, 0) is 11.3 Å². The standard InChI is InChI=1S/C22H24N2O2S/c1-16(22(25)23-15-17-10-12-19(26-2)13-11-17)24-21(20-9-6-14-27-20)18-7-4-3-5-8-18/h3-14,16,21,24H,15H2,1-2H3,(H,23,25)/t16-,21+/m1/s1. The van der Waals surface area contributed by atoms with Crippen LogP contribution in [0.3, 0.4) is 0 Å². The lowest BCUT2D eigenvalue weighted by Gasteiger charge is -2.22. The van der Waals surface area contributed by atoms with Crippen LogP contribution in [-0.4, -0.2) is 19.1 Å². The fourth-order valence-corrected chi connectivity index (χ4v) is 3.67. The topological polar surface area (TPSA) is 50.4 Å². The Balaban J connectivity index is 1.62.